The van der Waals surface area contributed by atoms with Crippen molar-refractivity contribution in [3.63, 3.8) is 0 Å². The number of non-ortho nitro benzene ring substituents is 1. The molecule has 2 N–H and O–H groups in total. The van der Waals surface area contributed by atoms with E-state index in [9.17, 15) is 14.9 Å². The molecule has 5 rings (SSSR count). The number of anilines is 2. The molecule has 11 nitrogen and oxygen atoms in total. The number of pyridine rings is 1. The summed E-state index contributed by atoms with van der Waals surface area (Å²) in [5.41, 5.74) is 3.02. The number of methoxy groups -OCH3 is 1. The lowest BCUT2D eigenvalue weighted by Gasteiger charge is -2.28. The van der Waals surface area contributed by atoms with Gasteiger partial charge in [-0.15, -0.1) is 5.10 Å². The van der Waals surface area contributed by atoms with Crippen molar-refractivity contribution in [3.8, 4) is 17.1 Å². The number of nitro benzene ring substituents is 1. The molecule has 11 heteroatoms. The summed E-state index contributed by atoms with van der Waals surface area (Å²) in [4.78, 5) is 32.7. The first-order valence-electron chi connectivity index (χ1n) is 11.0. The fourth-order valence-corrected chi connectivity index (χ4v) is 4.03. The zero-order valence-electron chi connectivity index (χ0n) is 19.4. The van der Waals surface area contributed by atoms with E-state index >= 15 is 0 Å². The summed E-state index contributed by atoms with van der Waals surface area (Å²) in [6, 6.07) is 16.3. The summed E-state index contributed by atoms with van der Waals surface area (Å²) in [7, 11) is 1.59. The van der Waals surface area contributed by atoms with Gasteiger partial charge < -0.3 is 15.4 Å². The third-order valence-corrected chi connectivity index (χ3v) is 5.78. The molecule has 2 aromatic carbocycles. The monoisotopic (exact) mass is 483 g/mol. The Morgan fingerprint density at radius 1 is 1.14 bits per heavy atom. The van der Waals surface area contributed by atoms with Crippen molar-refractivity contribution in [2.75, 3.05) is 17.7 Å². The van der Waals surface area contributed by atoms with Gasteiger partial charge in [0.25, 0.3) is 11.6 Å². The number of hydrogen-bond acceptors (Lipinski definition) is 8. The van der Waals surface area contributed by atoms with Gasteiger partial charge in [-0.25, -0.2) is 4.68 Å². The van der Waals surface area contributed by atoms with Crippen LogP contribution in [0.4, 0.5) is 17.3 Å². The van der Waals surface area contributed by atoms with Gasteiger partial charge in [0.1, 0.15) is 11.8 Å². The minimum absolute atomic E-state index is 0.0242. The zero-order chi connectivity index (χ0) is 25.2. The Balaban J connectivity index is 1.58. The number of nitrogens with one attached hydrogen (secondary N) is 2. The average Bonchev–Trinajstić information content (AvgIpc) is 3.32. The molecule has 2 aromatic heterocycles. The molecule has 1 aliphatic heterocycles. The van der Waals surface area contributed by atoms with Gasteiger partial charge in [0.15, 0.2) is 5.82 Å². The van der Waals surface area contributed by atoms with Crippen LogP contribution in [0, 0.1) is 10.1 Å². The number of hydrogen-bond donors (Lipinski definition) is 2. The van der Waals surface area contributed by atoms with Gasteiger partial charge in [0.05, 0.1) is 29.5 Å². The number of nitrogens with zero attached hydrogens (tertiary/aromatic N) is 5. The molecule has 1 unspecified atom stereocenters. The number of carbonyl (C=O) groups is 1. The number of rotatable bonds is 6. The first-order chi connectivity index (χ1) is 17.4. The highest BCUT2D eigenvalue weighted by Crippen LogP contribution is 2.37. The Bertz CT molecular complexity index is 1460. The smallest absolute Gasteiger partial charge is 0.269 e. The zero-order valence-corrected chi connectivity index (χ0v) is 19.4. The molecule has 1 amide bonds. The summed E-state index contributed by atoms with van der Waals surface area (Å²) in [5, 5.41) is 21.8. The molecule has 0 spiro atoms. The highest BCUT2D eigenvalue weighted by Gasteiger charge is 2.34. The maximum absolute atomic E-state index is 13.5. The van der Waals surface area contributed by atoms with Crippen molar-refractivity contribution in [2.45, 2.75) is 13.0 Å². The van der Waals surface area contributed by atoms with Crippen LogP contribution in [0.25, 0.3) is 11.4 Å². The quantitative estimate of drug-likeness (QED) is 0.308. The molecule has 0 bridgehead atoms. The predicted octanol–water partition coefficient (Wildman–Crippen LogP) is 4.18. The van der Waals surface area contributed by atoms with Gasteiger partial charge in [0, 0.05) is 29.6 Å². The highest BCUT2D eigenvalue weighted by molar-refractivity contribution is 6.05. The second-order valence-corrected chi connectivity index (χ2v) is 8.04. The molecule has 1 aliphatic rings. The third kappa shape index (κ3) is 4.25. The molecule has 4 aromatic rings. The van der Waals surface area contributed by atoms with E-state index in [0.717, 1.165) is 5.56 Å². The van der Waals surface area contributed by atoms with Crippen molar-refractivity contribution in [1.82, 2.24) is 19.7 Å². The summed E-state index contributed by atoms with van der Waals surface area (Å²) in [6.07, 6.45) is 3.20. The Hall–Kier alpha value is -5.06. The van der Waals surface area contributed by atoms with Gasteiger partial charge in [-0.1, -0.05) is 12.1 Å². The second-order valence-electron chi connectivity index (χ2n) is 8.04. The average molecular weight is 483 g/mol. The molecule has 1 atom stereocenters. The Labute approximate surface area is 205 Å². The highest BCUT2D eigenvalue weighted by atomic mass is 16.6. The van der Waals surface area contributed by atoms with E-state index < -0.39 is 11.0 Å². The molecule has 0 saturated carbocycles. The van der Waals surface area contributed by atoms with Crippen molar-refractivity contribution in [1.29, 1.82) is 0 Å². The third-order valence-electron chi connectivity index (χ3n) is 5.78. The lowest BCUT2D eigenvalue weighted by atomic mass is 9.95. The van der Waals surface area contributed by atoms with E-state index in [1.54, 1.807) is 55.4 Å². The summed E-state index contributed by atoms with van der Waals surface area (Å²) >= 11 is 0. The molecule has 0 radical (unpaired) electrons. The van der Waals surface area contributed by atoms with Crippen LogP contribution in [0.1, 0.15) is 18.5 Å². The van der Waals surface area contributed by atoms with Crippen molar-refractivity contribution >= 4 is 23.2 Å². The van der Waals surface area contributed by atoms with E-state index in [2.05, 4.69) is 25.7 Å². The largest absolute Gasteiger partial charge is 0.497 e. The number of benzene rings is 2. The van der Waals surface area contributed by atoms with Crippen LogP contribution in [-0.4, -0.2) is 37.7 Å². The Kier molecular flexibility index (Phi) is 5.87. The fraction of sp³-hybridized carbons (Fsp3) is 0.120. The van der Waals surface area contributed by atoms with Crippen LogP contribution in [0.15, 0.2) is 84.3 Å². The van der Waals surface area contributed by atoms with Crippen LogP contribution in [-0.2, 0) is 4.79 Å². The van der Waals surface area contributed by atoms with Crippen molar-refractivity contribution < 1.29 is 14.5 Å². The minimum Gasteiger partial charge on any atom is -0.497 e. The second kappa shape index (κ2) is 9.29. The van der Waals surface area contributed by atoms with E-state index in [4.69, 9.17) is 4.74 Å². The molecule has 36 heavy (non-hydrogen) atoms. The number of aromatic nitrogens is 4. The standard InChI is InChI=1S/C25H21N7O4/c1-15-21(24(33)28-18-4-3-13-26-14-18)22(16-7-11-20(36-2)12-8-16)31-25(27-15)29-23(30-31)17-5-9-19(10-6-17)32(34)35/h3-14,22H,1-2H3,(H,28,33)(H,27,29,30). The van der Waals surface area contributed by atoms with E-state index in [1.807, 2.05) is 24.3 Å². The van der Waals surface area contributed by atoms with E-state index in [-0.39, 0.29) is 11.6 Å². The lowest BCUT2D eigenvalue weighted by molar-refractivity contribution is -0.384. The fourth-order valence-electron chi connectivity index (χ4n) is 4.03. The first-order valence-corrected chi connectivity index (χ1v) is 11.0. The lowest BCUT2D eigenvalue weighted by Crippen LogP contribution is -2.31. The van der Waals surface area contributed by atoms with Gasteiger partial charge in [-0.05, 0) is 48.9 Å². The van der Waals surface area contributed by atoms with Gasteiger partial charge in [-0.2, -0.15) is 4.98 Å². The normalized spacial score (nSPS) is 14.6. The molecule has 0 fully saturated rings. The van der Waals surface area contributed by atoms with Crippen LogP contribution in [0.3, 0.4) is 0 Å². The molecular weight excluding hydrogens is 462 g/mol. The maximum atomic E-state index is 13.5. The van der Waals surface area contributed by atoms with Crippen molar-refractivity contribution in [3.05, 3.63) is 100 Å². The molecule has 180 valence electrons. The van der Waals surface area contributed by atoms with E-state index in [1.165, 1.54) is 12.1 Å². The summed E-state index contributed by atoms with van der Waals surface area (Å²) in [5.74, 6) is 1.18. The molecule has 3 heterocycles. The van der Waals surface area contributed by atoms with Crippen molar-refractivity contribution in [2.24, 2.45) is 0 Å². The Morgan fingerprint density at radius 3 is 2.53 bits per heavy atom. The van der Waals surface area contributed by atoms with Crippen LogP contribution in [0.2, 0.25) is 0 Å². The van der Waals surface area contributed by atoms with Crippen LogP contribution < -0.4 is 15.4 Å². The van der Waals surface area contributed by atoms with Gasteiger partial charge in [-0.3, -0.25) is 19.9 Å². The molecule has 0 aliphatic carbocycles. The number of amides is 1. The van der Waals surface area contributed by atoms with Gasteiger partial charge in [0.2, 0.25) is 5.95 Å². The topological polar surface area (TPSA) is 137 Å². The van der Waals surface area contributed by atoms with Crippen LogP contribution in [0.5, 0.6) is 5.75 Å². The maximum Gasteiger partial charge on any atom is 0.269 e. The number of carbonyl (C=O) groups excluding carboxylic acids is 1. The number of allylic oxidation sites excluding steroid dienone is 1. The SMILES string of the molecule is COc1ccc(C2C(C(=O)Nc3cccnc3)=C(C)Nc3nc(-c4ccc([N+](=O)[O-])cc4)nn32)cc1. The minimum atomic E-state index is -0.594. The molecular formula is C25H21N7O4. The summed E-state index contributed by atoms with van der Waals surface area (Å²) < 4.78 is 6.94. The first kappa shape index (κ1) is 22.7. The number of fused-ring (bicyclic) bond motifs is 1. The number of ether oxygens (including phenoxy) is 1. The number of nitro groups is 1. The van der Waals surface area contributed by atoms with Crippen LogP contribution >= 0.6 is 0 Å². The summed E-state index contributed by atoms with van der Waals surface area (Å²) in [6.45, 7) is 1.80. The van der Waals surface area contributed by atoms with Gasteiger partial charge >= 0.3 is 0 Å². The Morgan fingerprint density at radius 2 is 1.89 bits per heavy atom. The predicted molar refractivity (Wildman–Crippen MR) is 132 cm³/mol. The molecule has 0 saturated heterocycles. The van der Waals surface area contributed by atoms with E-state index in [0.29, 0.717) is 40.0 Å².